The number of carbonyl (C=O) groups excluding carboxylic acids is 1. The second kappa shape index (κ2) is 7.98. The van der Waals surface area contributed by atoms with Crippen LogP contribution in [0.3, 0.4) is 0 Å². The quantitative estimate of drug-likeness (QED) is 0.818. The Hall–Kier alpha value is -1.44. The molecular weight excluding hydrogens is 270 g/mol. The molecule has 0 aliphatic heterocycles. The predicted molar refractivity (Wildman–Crippen MR) is 85.0 cm³/mol. The van der Waals surface area contributed by atoms with Gasteiger partial charge in [0, 0.05) is 28.8 Å². The van der Waals surface area contributed by atoms with Gasteiger partial charge in [0.1, 0.15) is 0 Å². The van der Waals surface area contributed by atoms with Crippen LogP contribution < -0.4 is 5.32 Å². The van der Waals surface area contributed by atoms with Gasteiger partial charge in [0.25, 0.3) is 5.91 Å². The molecule has 0 radical (unpaired) electrons. The molecule has 0 aliphatic rings. The number of carbonyl (C=O) groups is 1. The van der Waals surface area contributed by atoms with Gasteiger partial charge in [-0.3, -0.25) is 4.79 Å². The highest BCUT2D eigenvalue weighted by molar-refractivity contribution is 7.99. The summed E-state index contributed by atoms with van der Waals surface area (Å²) in [5.41, 5.74) is 1.40. The zero-order chi connectivity index (χ0) is 15.0. The molecule has 1 aromatic rings. The molecule has 0 aromatic heterocycles. The smallest absolute Gasteiger partial charge is 0.251 e. The number of nitrogens with one attached hydrogen (secondary N) is 1. The van der Waals surface area contributed by atoms with Gasteiger partial charge in [-0.2, -0.15) is 11.8 Å². The van der Waals surface area contributed by atoms with E-state index in [9.17, 15) is 4.79 Å². The van der Waals surface area contributed by atoms with Crippen molar-refractivity contribution in [1.82, 2.24) is 5.32 Å². The Balaban J connectivity index is 2.70. The zero-order valence-electron chi connectivity index (χ0n) is 12.2. The minimum absolute atomic E-state index is 0.0220. The number of amides is 1. The first-order chi connectivity index (χ1) is 9.48. The summed E-state index contributed by atoms with van der Waals surface area (Å²) in [6.45, 7) is 4.85. The summed E-state index contributed by atoms with van der Waals surface area (Å²) in [6, 6.07) is 7.22. The van der Waals surface area contributed by atoms with Crippen LogP contribution in [0.5, 0.6) is 0 Å². The molecule has 3 nitrogen and oxygen atoms in total. The maximum absolute atomic E-state index is 12.1. The minimum atomic E-state index is -0.0852. The number of rotatable bonds is 5. The highest BCUT2D eigenvalue weighted by Crippen LogP contribution is 2.19. The number of aliphatic hydroxyl groups excluding tert-OH is 1. The van der Waals surface area contributed by atoms with Crippen LogP contribution in [0.4, 0.5) is 0 Å². The van der Waals surface area contributed by atoms with Crippen LogP contribution in [-0.4, -0.2) is 35.2 Å². The number of hydrogen-bond donors (Lipinski definition) is 2. The monoisotopic (exact) mass is 291 g/mol. The fraction of sp³-hybridized carbons (Fsp3) is 0.438. The van der Waals surface area contributed by atoms with E-state index in [0.29, 0.717) is 18.5 Å². The van der Waals surface area contributed by atoms with Gasteiger partial charge in [0.2, 0.25) is 0 Å². The van der Waals surface area contributed by atoms with Crippen LogP contribution in [0.25, 0.3) is 0 Å². The molecule has 0 saturated carbocycles. The summed E-state index contributed by atoms with van der Waals surface area (Å²) in [7, 11) is 0. The third-order valence-electron chi connectivity index (χ3n) is 2.82. The fourth-order valence-corrected chi connectivity index (χ4v) is 1.64. The Morgan fingerprint density at radius 3 is 2.85 bits per heavy atom. The lowest BCUT2D eigenvalue weighted by Crippen LogP contribution is -2.36. The third-order valence-corrected chi connectivity index (χ3v) is 4.07. The first kappa shape index (κ1) is 16.6. The van der Waals surface area contributed by atoms with Crippen molar-refractivity contribution in [2.45, 2.75) is 25.0 Å². The normalized spacial score (nSPS) is 10.6. The topological polar surface area (TPSA) is 49.3 Å². The van der Waals surface area contributed by atoms with Crippen LogP contribution in [-0.2, 0) is 0 Å². The van der Waals surface area contributed by atoms with E-state index in [-0.39, 0.29) is 17.3 Å². The van der Waals surface area contributed by atoms with Crippen LogP contribution in [0, 0.1) is 11.8 Å². The predicted octanol–water partition coefficient (Wildman–Crippen LogP) is 2.29. The molecule has 0 bridgehead atoms. The standard InChI is InChI=1S/C16H21NO2S/c1-16(2,20-3)12-17-15(19)14-9-6-8-13(11-14)7-4-5-10-18/h6,8-9,11,18H,5,10,12H2,1-3H3,(H,17,19). The van der Waals surface area contributed by atoms with E-state index in [2.05, 4.69) is 31.0 Å². The summed E-state index contributed by atoms with van der Waals surface area (Å²) in [6.07, 6.45) is 2.47. The zero-order valence-corrected chi connectivity index (χ0v) is 13.0. The molecule has 1 rings (SSSR count). The Kier molecular flexibility index (Phi) is 6.63. The van der Waals surface area contributed by atoms with Crippen LogP contribution in [0.15, 0.2) is 24.3 Å². The molecule has 0 fully saturated rings. The fourth-order valence-electron chi connectivity index (χ4n) is 1.43. The van der Waals surface area contributed by atoms with E-state index < -0.39 is 0 Å². The summed E-state index contributed by atoms with van der Waals surface area (Å²) >= 11 is 1.72. The maximum atomic E-state index is 12.1. The Morgan fingerprint density at radius 1 is 1.45 bits per heavy atom. The summed E-state index contributed by atoms with van der Waals surface area (Å²) in [5.74, 6) is 5.69. The van der Waals surface area contributed by atoms with Gasteiger partial charge in [-0.15, -0.1) is 0 Å². The van der Waals surface area contributed by atoms with E-state index in [1.807, 2.05) is 18.4 Å². The molecule has 0 unspecified atom stereocenters. The molecule has 0 saturated heterocycles. The molecule has 20 heavy (non-hydrogen) atoms. The minimum Gasteiger partial charge on any atom is -0.395 e. The van der Waals surface area contributed by atoms with Gasteiger partial charge < -0.3 is 10.4 Å². The van der Waals surface area contributed by atoms with Crippen molar-refractivity contribution in [3.8, 4) is 11.8 Å². The second-order valence-electron chi connectivity index (χ2n) is 5.00. The highest BCUT2D eigenvalue weighted by atomic mass is 32.2. The molecule has 108 valence electrons. The van der Waals surface area contributed by atoms with Crippen molar-refractivity contribution in [2.75, 3.05) is 19.4 Å². The SMILES string of the molecule is CSC(C)(C)CNC(=O)c1cccc(C#CCCO)c1. The Labute approximate surface area is 125 Å². The molecule has 0 spiro atoms. The lowest BCUT2D eigenvalue weighted by molar-refractivity contribution is 0.0951. The number of thioether (sulfide) groups is 1. The molecular formula is C16H21NO2S. The molecule has 2 N–H and O–H groups in total. The summed E-state index contributed by atoms with van der Waals surface area (Å²) in [4.78, 5) is 12.1. The summed E-state index contributed by atoms with van der Waals surface area (Å²) in [5, 5.41) is 11.6. The van der Waals surface area contributed by atoms with E-state index >= 15 is 0 Å². The molecule has 1 amide bonds. The average Bonchev–Trinajstić information content (AvgIpc) is 2.45. The lowest BCUT2D eigenvalue weighted by Gasteiger charge is -2.22. The van der Waals surface area contributed by atoms with E-state index in [1.165, 1.54) is 0 Å². The Morgan fingerprint density at radius 2 is 2.20 bits per heavy atom. The Bertz CT molecular complexity index is 515. The first-order valence-electron chi connectivity index (χ1n) is 6.51. The van der Waals surface area contributed by atoms with Crippen LogP contribution >= 0.6 is 11.8 Å². The van der Waals surface area contributed by atoms with Gasteiger partial charge in [0.15, 0.2) is 0 Å². The first-order valence-corrected chi connectivity index (χ1v) is 7.74. The second-order valence-corrected chi connectivity index (χ2v) is 6.52. The number of benzene rings is 1. The highest BCUT2D eigenvalue weighted by Gasteiger charge is 2.17. The molecule has 4 heteroatoms. The van der Waals surface area contributed by atoms with Crippen LogP contribution in [0.1, 0.15) is 36.2 Å². The lowest BCUT2D eigenvalue weighted by atomic mass is 10.1. The average molecular weight is 291 g/mol. The van der Waals surface area contributed by atoms with Gasteiger partial charge >= 0.3 is 0 Å². The number of hydrogen-bond acceptors (Lipinski definition) is 3. The molecule has 1 aromatic carbocycles. The van der Waals surface area contributed by atoms with Gasteiger partial charge in [-0.05, 0) is 38.3 Å². The van der Waals surface area contributed by atoms with E-state index in [0.717, 1.165) is 5.56 Å². The molecule has 0 atom stereocenters. The van der Waals surface area contributed by atoms with Crippen molar-refractivity contribution in [1.29, 1.82) is 0 Å². The largest absolute Gasteiger partial charge is 0.395 e. The third kappa shape index (κ3) is 5.68. The van der Waals surface area contributed by atoms with Crippen LogP contribution in [0.2, 0.25) is 0 Å². The van der Waals surface area contributed by atoms with Gasteiger partial charge in [0.05, 0.1) is 6.61 Å². The molecule has 0 heterocycles. The molecule has 0 aliphatic carbocycles. The van der Waals surface area contributed by atoms with Crippen molar-refractivity contribution < 1.29 is 9.90 Å². The van der Waals surface area contributed by atoms with E-state index in [4.69, 9.17) is 5.11 Å². The summed E-state index contributed by atoms with van der Waals surface area (Å²) < 4.78 is 0.0220. The maximum Gasteiger partial charge on any atom is 0.251 e. The van der Waals surface area contributed by atoms with Crippen molar-refractivity contribution >= 4 is 17.7 Å². The number of aliphatic hydroxyl groups is 1. The van der Waals surface area contributed by atoms with Crippen molar-refractivity contribution in [3.63, 3.8) is 0 Å². The van der Waals surface area contributed by atoms with Crippen molar-refractivity contribution in [3.05, 3.63) is 35.4 Å². The van der Waals surface area contributed by atoms with Gasteiger partial charge in [-0.1, -0.05) is 17.9 Å². The van der Waals surface area contributed by atoms with Crippen molar-refractivity contribution in [2.24, 2.45) is 0 Å². The van der Waals surface area contributed by atoms with E-state index in [1.54, 1.807) is 23.9 Å². The van der Waals surface area contributed by atoms with Gasteiger partial charge in [-0.25, -0.2) is 0 Å².